The van der Waals surface area contributed by atoms with E-state index in [4.69, 9.17) is 5.11 Å². The lowest BCUT2D eigenvalue weighted by Gasteiger charge is -2.27. The SMILES string of the molecule is CN1CCC(NCC2CCC(C(=O)O)CC2)C1=O. The molecule has 18 heavy (non-hydrogen) atoms. The average molecular weight is 254 g/mol. The molecule has 2 N–H and O–H groups in total. The van der Waals surface area contributed by atoms with Crippen LogP contribution in [0.25, 0.3) is 0 Å². The molecule has 1 heterocycles. The fourth-order valence-electron chi connectivity index (χ4n) is 2.93. The molecule has 0 aromatic carbocycles. The minimum Gasteiger partial charge on any atom is -0.481 e. The van der Waals surface area contributed by atoms with Crippen LogP contribution >= 0.6 is 0 Å². The molecule has 5 heteroatoms. The van der Waals surface area contributed by atoms with Crippen molar-refractivity contribution in [2.45, 2.75) is 38.1 Å². The molecule has 2 aliphatic rings. The first-order valence-corrected chi connectivity index (χ1v) is 6.79. The van der Waals surface area contributed by atoms with Crippen molar-refractivity contribution in [1.29, 1.82) is 0 Å². The summed E-state index contributed by atoms with van der Waals surface area (Å²) in [7, 11) is 1.84. The normalized spacial score (nSPS) is 32.8. The van der Waals surface area contributed by atoms with Crippen molar-refractivity contribution in [3.05, 3.63) is 0 Å². The highest BCUT2D eigenvalue weighted by Gasteiger charge is 2.30. The molecule has 0 spiro atoms. The summed E-state index contributed by atoms with van der Waals surface area (Å²) in [6.45, 7) is 1.68. The lowest BCUT2D eigenvalue weighted by Crippen LogP contribution is -2.40. The first kappa shape index (κ1) is 13.3. The first-order chi connectivity index (χ1) is 8.58. The number of carboxylic acids is 1. The van der Waals surface area contributed by atoms with Crippen molar-refractivity contribution >= 4 is 11.9 Å². The minimum absolute atomic E-state index is 0.0211. The molecule has 102 valence electrons. The minimum atomic E-state index is -0.658. The van der Waals surface area contributed by atoms with Crippen LogP contribution in [0.2, 0.25) is 0 Å². The number of rotatable bonds is 4. The van der Waals surface area contributed by atoms with E-state index in [0.717, 1.165) is 45.2 Å². The van der Waals surface area contributed by atoms with Crippen LogP contribution in [0.4, 0.5) is 0 Å². The zero-order chi connectivity index (χ0) is 13.1. The van der Waals surface area contributed by atoms with E-state index in [1.807, 2.05) is 7.05 Å². The monoisotopic (exact) mass is 254 g/mol. The highest BCUT2D eigenvalue weighted by Crippen LogP contribution is 2.28. The molecule has 1 aliphatic carbocycles. The second-order valence-electron chi connectivity index (χ2n) is 5.57. The largest absolute Gasteiger partial charge is 0.481 e. The van der Waals surface area contributed by atoms with E-state index >= 15 is 0 Å². The zero-order valence-corrected chi connectivity index (χ0v) is 10.9. The smallest absolute Gasteiger partial charge is 0.306 e. The number of hydrogen-bond acceptors (Lipinski definition) is 3. The van der Waals surface area contributed by atoms with Gasteiger partial charge < -0.3 is 15.3 Å². The molecule has 2 fully saturated rings. The molecule has 1 saturated heterocycles. The molecule has 1 aliphatic heterocycles. The Morgan fingerprint density at radius 2 is 2.00 bits per heavy atom. The molecule has 0 aromatic rings. The van der Waals surface area contributed by atoms with E-state index in [-0.39, 0.29) is 17.9 Å². The van der Waals surface area contributed by atoms with E-state index in [1.165, 1.54) is 0 Å². The number of likely N-dealkylation sites (N-methyl/N-ethyl adjacent to an activating group) is 1. The van der Waals surface area contributed by atoms with E-state index in [9.17, 15) is 9.59 Å². The summed E-state index contributed by atoms with van der Waals surface area (Å²) in [5.74, 6) is -0.0944. The van der Waals surface area contributed by atoms with Crippen LogP contribution in [0.3, 0.4) is 0 Å². The Morgan fingerprint density at radius 1 is 1.33 bits per heavy atom. The number of carbonyl (C=O) groups is 2. The summed E-state index contributed by atoms with van der Waals surface area (Å²) in [6, 6.07) is -0.0211. The zero-order valence-electron chi connectivity index (χ0n) is 10.9. The highest BCUT2D eigenvalue weighted by molar-refractivity contribution is 5.83. The van der Waals surface area contributed by atoms with Gasteiger partial charge in [-0.1, -0.05) is 0 Å². The number of carbonyl (C=O) groups excluding carboxylic acids is 1. The van der Waals surface area contributed by atoms with E-state index in [1.54, 1.807) is 4.90 Å². The van der Waals surface area contributed by atoms with Gasteiger partial charge in [-0.3, -0.25) is 9.59 Å². The number of carboxylic acid groups (broad SMARTS) is 1. The van der Waals surface area contributed by atoms with E-state index in [2.05, 4.69) is 5.32 Å². The molecule has 1 amide bonds. The van der Waals surface area contributed by atoms with Crippen molar-refractivity contribution in [1.82, 2.24) is 10.2 Å². The summed E-state index contributed by atoms with van der Waals surface area (Å²) < 4.78 is 0. The Balaban J connectivity index is 1.69. The summed E-state index contributed by atoms with van der Waals surface area (Å²) in [6.07, 6.45) is 4.36. The lowest BCUT2D eigenvalue weighted by molar-refractivity contribution is -0.143. The van der Waals surface area contributed by atoms with Gasteiger partial charge >= 0.3 is 5.97 Å². The summed E-state index contributed by atoms with van der Waals surface area (Å²) in [5, 5.41) is 12.3. The van der Waals surface area contributed by atoms with E-state index < -0.39 is 5.97 Å². The Hall–Kier alpha value is -1.10. The van der Waals surface area contributed by atoms with Crippen molar-refractivity contribution in [2.75, 3.05) is 20.1 Å². The standard InChI is InChI=1S/C13H22N2O3/c1-15-7-6-11(12(15)16)14-8-9-2-4-10(5-3-9)13(17)18/h9-11,14H,2-8H2,1H3,(H,17,18). The topological polar surface area (TPSA) is 69.6 Å². The molecule has 0 aromatic heterocycles. The van der Waals surface area contributed by atoms with Gasteiger partial charge in [-0.2, -0.15) is 0 Å². The van der Waals surface area contributed by atoms with Gasteiger partial charge in [-0.15, -0.1) is 0 Å². The molecule has 0 bridgehead atoms. The third kappa shape index (κ3) is 3.02. The highest BCUT2D eigenvalue weighted by atomic mass is 16.4. The summed E-state index contributed by atoms with van der Waals surface area (Å²) >= 11 is 0. The van der Waals surface area contributed by atoms with Gasteiger partial charge in [0.15, 0.2) is 0 Å². The fourth-order valence-corrected chi connectivity index (χ4v) is 2.93. The molecule has 2 rings (SSSR count). The second-order valence-corrected chi connectivity index (χ2v) is 5.57. The van der Waals surface area contributed by atoms with Crippen LogP contribution < -0.4 is 5.32 Å². The quantitative estimate of drug-likeness (QED) is 0.774. The molecular weight excluding hydrogens is 232 g/mol. The maximum atomic E-state index is 11.7. The van der Waals surface area contributed by atoms with Gasteiger partial charge in [0.25, 0.3) is 0 Å². The lowest BCUT2D eigenvalue weighted by atomic mass is 9.82. The molecule has 5 nitrogen and oxygen atoms in total. The van der Waals surface area contributed by atoms with Crippen LogP contribution in [0.5, 0.6) is 0 Å². The first-order valence-electron chi connectivity index (χ1n) is 6.79. The van der Waals surface area contributed by atoms with Crippen molar-refractivity contribution in [2.24, 2.45) is 11.8 Å². The van der Waals surface area contributed by atoms with Crippen molar-refractivity contribution in [3.63, 3.8) is 0 Å². The number of likely N-dealkylation sites (tertiary alicyclic amines) is 1. The van der Waals surface area contributed by atoms with Gasteiger partial charge in [0, 0.05) is 13.6 Å². The van der Waals surface area contributed by atoms with Gasteiger partial charge in [0.2, 0.25) is 5.91 Å². The van der Waals surface area contributed by atoms with Crippen LogP contribution in [-0.4, -0.2) is 48.1 Å². The van der Waals surface area contributed by atoms with Crippen LogP contribution in [0.15, 0.2) is 0 Å². The van der Waals surface area contributed by atoms with Crippen molar-refractivity contribution < 1.29 is 14.7 Å². The summed E-state index contributed by atoms with van der Waals surface area (Å²) in [5.41, 5.74) is 0. The van der Waals surface area contributed by atoms with Gasteiger partial charge in [0.1, 0.15) is 0 Å². The number of aliphatic carboxylic acids is 1. The Bertz CT molecular complexity index is 324. The third-order valence-electron chi connectivity index (χ3n) is 4.28. The molecule has 1 atom stereocenters. The molecule has 1 saturated carbocycles. The molecule has 0 radical (unpaired) electrons. The number of nitrogens with one attached hydrogen (secondary N) is 1. The molecule has 1 unspecified atom stereocenters. The van der Waals surface area contributed by atoms with E-state index in [0.29, 0.717) is 5.92 Å². The maximum absolute atomic E-state index is 11.7. The molecular formula is C13H22N2O3. The predicted molar refractivity (Wildman–Crippen MR) is 67.1 cm³/mol. The van der Waals surface area contributed by atoms with Crippen LogP contribution in [0.1, 0.15) is 32.1 Å². The van der Waals surface area contributed by atoms with Gasteiger partial charge in [-0.25, -0.2) is 0 Å². The Kier molecular flexibility index (Phi) is 4.22. The predicted octanol–water partition coefficient (Wildman–Crippen LogP) is 0.698. The fraction of sp³-hybridized carbons (Fsp3) is 0.846. The van der Waals surface area contributed by atoms with Gasteiger partial charge in [0.05, 0.1) is 12.0 Å². The number of hydrogen-bond donors (Lipinski definition) is 2. The Morgan fingerprint density at radius 3 is 2.50 bits per heavy atom. The summed E-state index contributed by atoms with van der Waals surface area (Å²) in [4.78, 5) is 24.3. The van der Waals surface area contributed by atoms with Crippen LogP contribution in [-0.2, 0) is 9.59 Å². The van der Waals surface area contributed by atoms with Crippen LogP contribution in [0, 0.1) is 11.8 Å². The van der Waals surface area contributed by atoms with Crippen molar-refractivity contribution in [3.8, 4) is 0 Å². The van der Waals surface area contributed by atoms with Gasteiger partial charge in [-0.05, 0) is 44.6 Å². The second kappa shape index (κ2) is 5.69. The number of nitrogens with zero attached hydrogens (tertiary/aromatic N) is 1. The Labute approximate surface area is 108 Å². The third-order valence-corrected chi connectivity index (χ3v) is 4.28. The maximum Gasteiger partial charge on any atom is 0.306 e. The average Bonchev–Trinajstić information content (AvgIpc) is 2.68. The number of amides is 1.